The number of amides is 1. The molecule has 106 valence electrons. The normalized spacial score (nSPS) is 13.4. The summed E-state index contributed by atoms with van der Waals surface area (Å²) in [7, 11) is 0. The molecular weight excluding hydrogens is 230 g/mol. The van der Waals surface area contributed by atoms with Gasteiger partial charge in [-0.3, -0.25) is 9.59 Å². The molecule has 0 aromatic rings. The van der Waals surface area contributed by atoms with Gasteiger partial charge >= 0.3 is 5.97 Å². The third-order valence-electron chi connectivity index (χ3n) is 3.36. The molecule has 0 heterocycles. The predicted molar refractivity (Wildman–Crippen MR) is 72.3 cm³/mol. The lowest BCUT2D eigenvalue weighted by atomic mass is 9.89. The summed E-state index contributed by atoms with van der Waals surface area (Å²) in [5.74, 6) is 0.0695. The summed E-state index contributed by atoms with van der Waals surface area (Å²) in [4.78, 5) is 22.5. The second-order valence-corrected chi connectivity index (χ2v) is 5.94. The average molecular weight is 257 g/mol. The van der Waals surface area contributed by atoms with Crippen LogP contribution in [0.15, 0.2) is 0 Å². The fraction of sp³-hybridized carbons (Fsp3) is 0.857. The van der Waals surface area contributed by atoms with E-state index in [1.807, 2.05) is 13.8 Å². The Morgan fingerprint density at radius 3 is 2.22 bits per heavy atom. The minimum atomic E-state index is -0.828. The summed E-state index contributed by atoms with van der Waals surface area (Å²) < 4.78 is 0. The van der Waals surface area contributed by atoms with Gasteiger partial charge in [0.15, 0.2) is 0 Å². The number of carboxylic acid groups (broad SMARTS) is 1. The fourth-order valence-electron chi connectivity index (χ4n) is 2.00. The molecule has 1 atom stereocenters. The first-order valence-electron chi connectivity index (χ1n) is 6.70. The number of hydrogen-bond acceptors (Lipinski definition) is 2. The lowest BCUT2D eigenvalue weighted by Gasteiger charge is -2.27. The van der Waals surface area contributed by atoms with Gasteiger partial charge in [-0.25, -0.2) is 0 Å². The van der Waals surface area contributed by atoms with Crippen LogP contribution in [0.1, 0.15) is 60.3 Å². The van der Waals surface area contributed by atoms with Crippen molar-refractivity contribution in [3.05, 3.63) is 0 Å². The minimum absolute atomic E-state index is 0.0194. The van der Waals surface area contributed by atoms with Gasteiger partial charge in [-0.15, -0.1) is 0 Å². The first-order valence-corrected chi connectivity index (χ1v) is 6.70. The Balaban J connectivity index is 4.24. The molecule has 0 rings (SSSR count). The minimum Gasteiger partial charge on any atom is -0.481 e. The van der Waals surface area contributed by atoms with Crippen LogP contribution in [0.25, 0.3) is 0 Å². The topological polar surface area (TPSA) is 66.4 Å². The van der Waals surface area contributed by atoms with Crippen molar-refractivity contribution in [3.63, 3.8) is 0 Å². The van der Waals surface area contributed by atoms with Crippen molar-refractivity contribution in [1.82, 2.24) is 5.32 Å². The van der Waals surface area contributed by atoms with Gasteiger partial charge in [0.25, 0.3) is 0 Å². The molecule has 0 aliphatic rings. The number of aliphatic carboxylic acids is 1. The maximum atomic E-state index is 11.9. The Kier molecular flexibility index (Phi) is 6.96. The van der Waals surface area contributed by atoms with Crippen molar-refractivity contribution in [2.24, 2.45) is 11.8 Å². The van der Waals surface area contributed by atoms with Crippen LogP contribution in [-0.2, 0) is 9.59 Å². The summed E-state index contributed by atoms with van der Waals surface area (Å²) >= 11 is 0. The predicted octanol–water partition coefficient (Wildman–Crippen LogP) is 2.82. The maximum Gasteiger partial charge on any atom is 0.303 e. The molecule has 2 N–H and O–H groups in total. The van der Waals surface area contributed by atoms with Crippen LogP contribution >= 0.6 is 0 Å². The van der Waals surface area contributed by atoms with Crippen LogP contribution in [0.3, 0.4) is 0 Å². The van der Waals surface area contributed by atoms with E-state index in [2.05, 4.69) is 26.1 Å². The van der Waals surface area contributed by atoms with Gasteiger partial charge in [0.2, 0.25) is 5.91 Å². The van der Waals surface area contributed by atoms with E-state index in [1.165, 1.54) is 0 Å². The summed E-state index contributed by atoms with van der Waals surface area (Å²) in [5.41, 5.74) is -0.454. The van der Waals surface area contributed by atoms with Crippen LogP contribution in [0.2, 0.25) is 0 Å². The quantitative estimate of drug-likeness (QED) is 0.702. The van der Waals surface area contributed by atoms with Crippen molar-refractivity contribution in [2.75, 3.05) is 0 Å². The Labute approximate surface area is 110 Å². The van der Waals surface area contributed by atoms with Crippen LogP contribution in [0.5, 0.6) is 0 Å². The molecule has 0 aromatic heterocycles. The van der Waals surface area contributed by atoms with Crippen molar-refractivity contribution in [3.8, 4) is 0 Å². The summed E-state index contributed by atoms with van der Waals surface area (Å²) in [6, 6.07) is 0. The van der Waals surface area contributed by atoms with Crippen molar-refractivity contribution >= 4 is 11.9 Å². The molecule has 0 aliphatic carbocycles. The highest BCUT2D eigenvalue weighted by Crippen LogP contribution is 2.20. The van der Waals surface area contributed by atoms with Crippen molar-refractivity contribution < 1.29 is 14.7 Å². The number of rotatable bonds is 8. The third-order valence-corrected chi connectivity index (χ3v) is 3.36. The van der Waals surface area contributed by atoms with Crippen molar-refractivity contribution in [1.29, 1.82) is 0 Å². The average Bonchev–Trinajstić information content (AvgIpc) is 2.22. The molecule has 0 saturated heterocycles. The molecule has 0 aliphatic heterocycles. The second kappa shape index (κ2) is 7.39. The SMILES string of the molecule is CCC(CC(=O)NC(C)(C)CCC(=O)O)C(C)C. The Bertz CT molecular complexity index is 285. The third kappa shape index (κ3) is 7.30. The van der Waals surface area contributed by atoms with Gasteiger partial charge < -0.3 is 10.4 Å². The Morgan fingerprint density at radius 1 is 1.28 bits per heavy atom. The molecule has 0 saturated carbocycles. The number of nitrogens with one attached hydrogen (secondary N) is 1. The van der Waals surface area contributed by atoms with Gasteiger partial charge in [0.1, 0.15) is 0 Å². The van der Waals surface area contributed by atoms with Crippen LogP contribution in [0, 0.1) is 11.8 Å². The highest BCUT2D eigenvalue weighted by molar-refractivity contribution is 5.77. The first-order chi connectivity index (χ1) is 8.18. The zero-order valence-electron chi connectivity index (χ0n) is 12.2. The van der Waals surface area contributed by atoms with E-state index in [4.69, 9.17) is 5.11 Å². The van der Waals surface area contributed by atoms with Gasteiger partial charge in [0, 0.05) is 18.4 Å². The van der Waals surface area contributed by atoms with Crippen LogP contribution < -0.4 is 5.32 Å². The molecule has 4 heteroatoms. The molecule has 18 heavy (non-hydrogen) atoms. The maximum absolute atomic E-state index is 11.9. The molecule has 0 radical (unpaired) electrons. The lowest BCUT2D eigenvalue weighted by molar-refractivity contribution is -0.138. The highest BCUT2D eigenvalue weighted by Gasteiger charge is 2.23. The van der Waals surface area contributed by atoms with E-state index in [9.17, 15) is 9.59 Å². The number of carbonyl (C=O) groups excluding carboxylic acids is 1. The summed E-state index contributed by atoms with van der Waals surface area (Å²) in [6.07, 6.45) is 2.03. The zero-order valence-corrected chi connectivity index (χ0v) is 12.2. The largest absolute Gasteiger partial charge is 0.481 e. The monoisotopic (exact) mass is 257 g/mol. The molecule has 0 fully saturated rings. The summed E-state index contributed by atoms with van der Waals surface area (Å²) in [6.45, 7) is 10.1. The van der Waals surface area contributed by atoms with Gasteiger partial charge in [-0.1, -0.05) is 27.2 Å². The van der Waals surface area contributed by atoms with E-state index in [-0.39, 0.29) is 12.3 Å². The van der Waals surface area contributed by atoms with Crippen molar-refractivity contribution in [2.45, 2.75) is 65.8 Å². The first kappa shape index (κ1) is 16.9. The molecule has 0 aromatic carbocycles. The number of carboxylic acids is 1. The number of hydrogen-bond donors (Lipinski definition) is 2. The molecule has 1 unspecified atom stereocenters. The van der Waals surface area contributed by atoms with Crippen LogP contribution in [0.4, 0.5) is 0 Å². The molecule has 4 nitrogen and oxygen atoms in total. The van der Waals surface area contributed by atoms with E-state index in [1.54, 1.807) is 0 Å². The molecule has 1 amide bonds. The Morgan fingerprint density at radius 2 is 1.83 bits per heavy atom. The molecule has 0 spiro atoms. The van der Waals surface area contributed by atoms with Gasteiger partial charge in [-0.2, -0.15) is 0 Å². The second-order valence-electron chi connectivity index (χ2n) is 5.94. The highest BCUT2D eigenvalue weighted by atomic mass is 16.4. The standard InChI is InChI=1S/C14H27NO3/c1-6-11(10(2)3)9-12(16)15-14(4,5)8-7-13(17)18/h10-11H,6-9H2,1-5H3,(H,15,16)(H,17,18). The van der Waals surface area contributed by atoms with E-state index in [0.717, 1.165) is 6.42 Å². The smallest absolute Gasteiger partial charge is 0.303 e. The fourth-order valence-corrected chi connectivity index (χ4v) is 2.00. The van der Waals surface area contributed by atoms with E-state index < -0.39 is 11.5 Å². The van der Waals surface area contributed by atoms with E-state index >= 15 is 0 Å². The summed E-state index contributed by atoms with van der Waals surface area (Å²) in [5, 5.41) is 11.6. The van der Waals surface area contributed by atoms with E-state index in [0.29, 0.717) is 24.7 Å². The zero-order chi connectivity index (χ0) is 14.3. The Hall–Kier alpha value is -1.06. The van der Waals surface area contributed by atoms with Crippen LogP contribution in [-0.4, -0.2) is 22.5 Å². The molecule has 0 bridgehead atoms. The molecular formula is C14H27NO3. The van der Waals surface area contributed by atoms with Gasteiger partial charge in [-0.05, 0) is 32.1 Å². The van der Waals surface area contributed by atoms with Gasteiger partial charge in [0.05, 0.1) is 0 Å². The lowest BCUT2D eigenvalue weighted by Crippen LogP contribution is -2.44. The number of carbonyl (C=O) groups is 2.